The van der Waals surface area contributed by atoms with Gasteiger partial charge in [0.1, 0.15) is 10.8 Å². The van der Waals surface area contributed by atoms with E-state index < -0.39 is 0 Å². The van der Waals surface area contributed by atoms with E-state index in [0.29, 0.717) is 6.04 Å². The first-order chi connectivity index (χ1) is 7.30. The zero-order valence-corrected chi connectivity index (χ0v) is 10.7. The molecule has 1 rings (SSSR count). The van der Waals surface area contributed by atoms with Crippen LogP contribution in [0.5, 0.6) is 0 Å². The zero-order valence-electron chi connectivity index (χ0n) is 9.92. The second kappa shape index (κ2) is 6.90. The summed E-state index contributed by atoms with van der Waals surface area (Å²) in [5.74, 6) is 0.986. The molecule has 86 valence electrons. The van der Waals surface area contributed by atoms with Gasteiger partial charge in [-0.2, -0.15) is 4.37 Å². The lowest BCUT2D eigenvalue weighted by Gasteiger charge is -2.14. The molecule has 1 atom stereocenters. The van der Waals surface area contributed by atoms with Gasteiger partial charge in [0.05, 0.1) is 0 Å². The van der Waals surface area contributed by atoms with Crippen LogP contribution in [0.2, 0.25) is 0 Å². The minimum absolute atomic E-state index is 0.558. The van der Waals surface area contributed by atoms with Gasteiger partial charge in [-0.15, -0.1) is 0 Å². The Morgan fingerprint density at radius 3 is 2.67 bits per heavy atom. The van der Waals surface area contributed by atoms with Crippen molar-refractivity contribution in [3.05, 3.63) is 10.8 Å². The number of hydrogen-bond donors (Lipinski definition) is 1. The van der Waals surface area contributed by atoms with Crippen molar-refractivity contribution in [2.75, 3.05) is 6.54 Å². The van der Waals surface area contributed by atoms with E-state index in [1.54, 1.807) is 11.5 Å². The summed E-state index contributed by atoms with van der Waals surface area (Å²) in [5, 5.41) is 4.70. The first-order valence-corrected chi connectivity index (χ1v) is 6.62. The lowest BCUT2D eigenvalue weighted by atomic mass is 10.1. The van der Waals surface area contributed by atoms with Gasteiger partial charge in [0.2, 0.25) is 0 Å². The third-order valence-electron chi connectivity index (χ3n) is 2.42. The van der Waals surface area contributed by atoms with Gasteiger partial charge in [-0.1, -0.05) is 20.8 Å². The van der Waals surface area contributed by atoms with Crippen LogP contribution in [0.3, 0.4) is 0 Å². The third kappa shape index (κ3) is 4.26. The molecule has 0 saturated heterocycles. The van der Waals surface area contributed by atoms with Crippen molar-refractivity contribution in [2.24, 2.45) is 0 Å². The third-order valence-corrected chi connectivity index (χ3v) is 3.19. The molecule has 1 N–H and O–H groups in total. The summed E-state index contributed by atoms with van der Waals surface area (Å²) >= 11 is 1.55. The Morgan fingerprint density at radius 2 is 2.13 bits per heavy atom. The van der Waals surface area contributed by atoms with E-state index in [1.165, 1.54) is 11.4 Å². The van der Waals surface area contributed by atoms with Crippen LogP contribution in [0.1, 0.15) is 44.4 Å². The lowest BCUT2D eigenvalue weighted by Crippen LogP contribution is -2.31. The van der Waals surface area contributed by atoms with Crippen LogP contribution in [-0.2, 0) is 12.8 Å². The van der Waals surface area contributed by atoms with Crippen molar-refractivity contribution >= 4 is 11.5 Å². The van der Waals surface area contributed by atoms with Crippen LogP contribution < -0.4 is 5.32 Å². The second-order valence-electron chi connectivity index (χ2n) is 3.72. The molecule has 0 radical (unpaired) electrons. The van der Waals surface area contributed by atoms with E-state index in [0.717, 1.165) is 31.6 Å². The molecule has 0 bridgehead atoms. The average molecular weight is 227 g/mol. The van der Waals surface area contributed by atoms with Crippen molar-refractivity contribution in [1.82, 2.24) is 14.7 Å². The van der Waals surface area contributed by atoms with Crippen LogP contribution >= 0.6 is 11.5 Å². The Labute approximate surface area is 96.5 Å². The van der Waals surface area contributed by atoms with E-state index in [1.807, 2.05) is 0 Å². The molecule has 0 amide bonds. The van der Waals surface area contributed by atoms with Gasteiger partial charge in [-0.25, -0.2) is 4.98 Å². The minimum Gasteiger partial charge on any atom is -0.314 e. The summed E-state index contributed by atoms with van der Waals surface area (Å²) in [4.78, 5) is 4.49. The number of aryl methyl sites for hydroxylation is 1. The van der Waals surface area contributed by atoms with Gasteiger partial charge in [0.15, 0.2) is 0 Å². The summed E-state index contributed by atoms with van der Waals surface area (Å²) in [6.07, 6.45) is 4.30. The highest BCUT2D eigenvalue weighted by Crippen LogP contribution is 2.09. The number of nitrogens with zero attached hydrogens (tertiary/aromatic N) is 2. The molecule has 0 spiro atoms. The zero-order chi connectivity index (χ0) is 11.1. The molecule has 1 aromatic rings. The van der Waals surface area contributed by atoms with Crippen LogP contribution in [0.4, 0.5) is 0 Å². The number of hydrogen-bond acceptors (Lipinski definition) is 4. The van der Waals surface area contributed by atoms with E-state index in [9.17, 15) is 0 Å². The fraction of sp³-hybridized carbons (Fsp3) is 0.818. The molecule has 1 heterocycles. The van der Waals surface area contributed by atoms with E-state index in [4.69, 9.17) is 0 Å². The van der Waals surface area contributed by atoms with Crippen molar-refractivity contribution in [1.29, 1.82) is 0 Å². The summed E-state index contributed by atoms with van der Waals surface area (Å²) < 4.78 is 4.31. The Bertz CT molecular complexity index is 273. The largest absolute Gasteiger partial charge is 0.314 e. The fourth-order valence-corrected chi connectivity index (χ4v) is 2.24. The fourth-order valence-electron chi connectivity index (χ4n) is 1.44. The molecule has 0 aliphatic carbocycles. The summed E-state index contributed by atoms with van der Waals surface area (Å²) in [7, 11) is 0. The van der Waals surface area contributed by atoms with Crippen LogP contribution in [0.15, 0.2) is 0 Å². The van der Waals surface area contributed by atoms with Crippen molar-refractivity contribution in [3.8, 4) is 0 Å². The molecule has 0 aliphatic heterocycles. The van der Waals surface area contributed by atoms with Gasteiger partial charge in [-0.3, -0.25) is 0 Å². The van der Waals surface area contributed by atoms with Gasteiger partial charge >= 0.3 is 0 Å². The normalized spacial score (nSPS) is 13.0. The molecule has 1 unspecified atom stereocenters. The molecule has 0 fully saturated rings. The molecule has 15 heavy (non-hydrogen) atoms. The van der Waals surface area contributed by atoms with Crippen LogP contribution in [-0.4, -0.2) is 21.9 Å². The first-order valence-electron chi connectivity index (χ1n) is 5.84. The van der Waals surface area contributed by atoms with E-state index in [2.05, 4.69) is 35.4 Å². The highest BCUT2D eigenvalue weighted by atomic mass is 32.1. The smallest absolute Gasteiger partial charge is 0.142 e. The number of aromatic nitrogens is 2. The predicted octanol–water partition coefficient (Wildman–Crippen LogP) is 2.42. The quantitative estimate of drug-likeness (QED) is 0.777. The molecule has 3 nitrogen and oxygen atoms in total. The highest BCUT2D eigenvalue weighted by molar-refractivity contribution is 7.05. The molecule has 0 aromatic carbocycles. The molecule has 1 aromatic heterocycles. The van der Waals surface area contributed by atoms with Gasteiger partial charge in [-0.05, 0) is 30.9 Å². The maximum Gasteiger partial charge on any atom is 0.142 e. The monoisotopic (exact) mass is 227 g/mol. The summed E-state index contributed by atoms with van der Waals surface area (Å²) in [6.45, 7) is 7.60. The summed E-state index contributed by atoms with van der Waals surface area (Å²) in [6, 6.07) is 0.558. The van der Waals surface area contributed by atoms with Gasteiger partial charge in [0.25, 0.3) is 0 Å². The van der Waals surface area contributed by atoms with Crippen molar-refractivity contribution in [2.45, 2.75) is 52.5 Å². The van der Waals surface area contributed by atoms with E-state index in [-0.39, 0.29) is 0 Å². The van der Waals surface area contributed by atoms with E-state index >= 15 is 0 Å². The SMILES string of the molecule is CCCNC(CC)Cc1nc(CC)ns1. The standard InChI is InChI=1S/C11H21N3S/c1-4-7-12-9(5-2)8-11-13-10(6-3)14-15-11/h9,12H,4-8H2,1-3H3. The number of rotatable bonds is 7. The van der Waals surface area contributed by atoms with Crippen LogP contribution in [0, 0.1) is 0 Å². The average Bonchev–Trinajstić information content (AvgIpc) is 2.71. The van der Waals surface area contributed by atoms with Gasteiger partial charge < -0.3 is 5.32 Å². The molecule has 0 aliphatic rings. The van der Waals surface area contributed by atoms with Crippen LogP contribution in [0.25, 0.3) is 0 Å². The topological polar surface area (TPSA) is 37.8 Å². The van der Waals surface area contributed by atoms with Crippen molar-refractivity contribution < 1.29 is 0 Å². The van der Waals surface area contributed by atoms with Gasteiger partial charge in [0, 0.05) is 18.9 Å². The minimum atomic E-state index is 0.558. The summed E-state index contributed by atoms with van der Waals surface area (Å²) in [5.41, 5.74) is 0. The first kappa shape index (κ1) is 12.6. The second-order valence-corrected chi connectivity index (χ2v) is 4.56. The Kier molecular flexibility index (Phi) is 5.79. The molecular weight excluding hydrogens is 206 g/mol. The maximum absolute atomic E-state index is 4.49. The lowest BCUT2D eigenvalue weighted by molar-refractivity contribution is 0.493. The molecule has 0 saturated carbocycles. The maximum atomic E-state index is 4.49. The highest BCUT2D eigenvalue weighted by Gasteiger charge is 2.09. The molecule has 4 heteroatoms. The number of nitrogens with one attached hydrogen (secondary N) is 1. The Balaban J connectivity index is 2.43. The van der Waals surface area contributed by atoms with Crippen molar-refractivity contribution in [3.63, 3.8) is 0 Å². The molecular formula is C11H21N3S. The predicted molar refractivity (Wildman–Crippen MR) is 65.4 cm³/mol. The Hall–Kier alpha value is -0.480. The Morgan fingerprint density at radius 1 is 1.33 bits per heavy atom.